The van der Waals surface area contributed by atoms with Gasteiger partial charge in [-0.1, -0.05) is 5.21 Å². The van der Waals surface area contributed by atoms with Gasteiger partial charge in [0.05, 0.1) is 12.3 Å². The Kier molecular flexibility index (Phi) is 3.21. The van der Waals surface area contributed by atoms with Crippen LogP contribution in [0.5, 0.6) is 0 Å². The third-order valence-electron chi connectivity index (χ3n) is 2.83. The average Bonchev–Trinajstić information content (AvgIpc) is 2.95. The number of carbonyl (C=O) groups is 2. The molecule has 1 aromatic heterocycles. The molecule has 2 atom stereocenters. The van der Waals surface area contributed by atoms with Crippen molar-refractivity contribution in [3.63, 3.8) is 0 Å². The van der Waals surface area contributed by atoms with Crippen LogP contribution in [0.25, 0.3) is 0 Å². The van der Waals surface area contributed by atoms with E-state index in [1.54, 1.807) is 18.7 Å². The molecule has 0 saturated heterocycles. The maximum Gasteiger partial charge on any atom is 0.313 e. The predicted molar refractivity (Wildman–Crippen MR) is 58.1 cm³/mol. The highest BCUT2D eigenvalue weighted by atomic mass is 16.5. The summed E-state index contributed by atoms with van der Waals surface area (Å²) in [6.45, 7) is 2.03. The van der Waals surface area contributed by atoms with Crippen LogP contribution in [0, 0.1) is 5.92 Å². The summed E-state index contributed by atoms with van der Waals surface area (Å²) in [5.74, 6) is -0.455. The van der Waals surface area contributed by atoms with Crippen molar-refractivity contribution in [2.45, 2.75) is 25.7 Å². The van der Waals surface area contributed by atoms with E-state index in [9.17, 15) is 9.59 Å². The van der Waals surface area contributed by atoms with Crippen molar-refractivity contribution >= 4 is 11.8 Å². The van der Waals surface area contributed by atoms with Gasteiger partial charge < -0.3 is 4.74 Å². The molecule has 0 radical (unpaired) electrons. The molecule has 6 nitrogen and oxygen atoms in total. The zero-order valence-corrected chi connectivity index (χ0v) is 9.92. The van der Waals surface area contributed by atoms with Gasteiger partial charge in [-0.25, -0.2) is 0 Å². The van der Waals surface area contributed by atoms with Crippen molar-refractivity contribution in [1.29, 1.82) is 0 Å². The van der Waals surface area contributed by atoms with Crippen LogP contribution in [0.3, 0.4) is 0 Å². The van der Waals surface area contributed by atoms with E-state index in [0.717, 1.165) is 12.1 Å². The molecule has 0 N–H and O–H groups in total. The lowest BCUT2D eigenvalue weighted by Crippen LogP contribution is -2.13. The van der Waals surface area contributed by atoms with Crippen LogP contribution in [0.1, 0.15) is 31.4 Å². The molecule has 2 unspecified atom stereocenters. The summed E-state index contributed by atoms with van der Waals surface area (Å²) in [6, 6.07) is 0. The molecule has 1 saturated carbocycles. The first-order valence-corrected chi connectivity index (χ1v) is 5.66. The van der Waals surface area contributed by atoms with Gasteiger partial charge in [-0.05, 0) is 13.3 Å². The molecular formula is C11H15N3O3. The van der Waals surface area contributed by atoms with E-state index >= 15 is 0 Å². The standard InChI is InChI=1S/C11H15N3O3/c1-3-17-11(16)5-10(15)8-4-7(8)9-6-14(2)13-12-9/h6-8H,3-5H2,1-2H3. The second-order valence-corrected chi connectivity index (χ2v) is 4.21. The summed E-state index contributed by atoms with van der Waals surface area (Å²) in [6.07, 6.45) is 2.44. The van der Waals surface area contributed by atoms with Gasteiger partial charge in [0.15, 0.2) is 0 Å². The highest BCUT2D eigenvalue weighted by Crippen LogP contribution is 2.47. The first kappa shape index (κ1) is 11.8. The molecule has 1 aliphatic rings. The minimum absolute atomic E-state index is 0.0564. The topological polar surface area (TPSA) is 74.1 Å². The molecule has 6 heteroatoms. The Hall–Kier alpha value is -1.72. The van der Waals surface area contributed by atoms with Gasteiger partial charge in [0.1, 0.15) is 12.2 Å². The number of rotatable bonds is 5. The fourth-order valence-electron chi connectivity index (χ4n) is 1.90. The minimum Gasteiger partial charge on any atom is -0.466 e. The quantitative estimate of drug-likeness (QED) is 0.548. The first-order chi connectivity index (χ1) is 8.11. The van der Waals surface area contributed by atoms with Gasteiger partial charge in [-0.2, -0.15) is 0 Å². The number of hydrogen-bond donors (Lipinski definition) is 0. The third kappa shape index (κ3) is 2.69. The SMILES string of the molecule is CCOC(=O)CC(=O)C1CC1c1cn(C)nn1. The van der Waals surface area contributed by atoms with Crippen LogP contribution >= 0.6 is 0 Å². The van der Waals surface area contributed by atoms with Gasteiger partial charge in [-0.15, -0.1) is 5.10 Å². The molecule has 0 amide bonds. The number of nitrogens with zero attached hydrogens (tertiary/aromatic N) is 3. The monoisotopic (exact) mass is 237 g/mol. The van der Waals surface area contributed by atoms with Crippen molar-refractivity contribution in [2.24, 2.45) is 13.0 Å². The number of hydrogen-bond acceptors (Lipinski definition) is 5. The molecule has 0 spiro atoms. The molecule has 1 aliphatic carbocycles. The van der Waals surface area contributed by atoms with Crippen molar-refractivity contribution in [2.75, 3.05) is 6.61 Å². The first-order valence-electron chi connectivity index (χ1n) is 5.66. The van der Waals surface area contributed by atoms with Crippen LogP contribution in [0.4, 0.5) is 0 Å². The van der Waals surface area contributed by atoms with Gasteiger partial charge >= 0.3 is 5.97 Å². The van der Waals surface area contributed by atoms with E-state index in [2.05, 4.69) is 10.3 Å². The highest BCUT2D eigenvalue weighted by Gasteiger charge is 2.45. The number of aromatic nitrogens is 3. The van der Waals surface area contributed by atoms with E-state index in [1.807, 2.05) is 6.20 Å². The van der Waals surface area contributed by atoms with Gasteiger partial charge in [0.25, 0.3) is 0 Å². The third-order valence-corrected chi connectivity index (χ3v) is 2.83. The van der Waals surface area contributed by atoms with Crippen molar-refractivity contribution in [3.05, 3.63) is 11.9 Å². The van der Waals surface area contributed by atoms with E-state index in [1.165, 1.54) is 0 Å². The van der Waals surface area contributed by atoms with E-state index < -0.39 is 5.97 Å². The molecule has 2 rings (SSSR count). The molecular weight excluding hydrogens is 222 g/mol. The van der Waals surface area contributed by atoms with Crippen molar-refractivity contribution < 1.29 is 14.3 Å². The van der Waals surface area contributed by atoms with Gasteiger partial charge in [0.2, 0.25) is 0 Å². The molecule has 1 aromatic rings. The number of ketones is 1. The molecule has 92 valence electrons. The fraction of sp³-hybridized carbons (Fsp3) is 0.636. The van der Waals surface area contributed by atoms with E-state index in [0.29, 0.717) is 6.61 Å². The Labute approximate surface area is 98.9 Å². The van der Waals surface area contributed by atoms with Crippen LogP contribution in [0.15, 0.2) is 6.20 Å². The molecule has 0 aliphatic heterocycles. The fourth-order valence-corrected chi connectivity index (χ4v) is 1.90. The lowest BCUT2D eigenvalue weighted by atomic mass is 10.1. The van der Waals surface area contributed by atoms with Gasteiger partial charge in [-0.3, -0.25) is 14.3 Å². The number of aryl methyl sites for hydroxylation is 1. The summed E-state index contributed by atoms with van der Waals surface area (Å²) in [5.41, 5.74) is 0.828. The van der Waals surface area contributed by atoms with E-state index in [4.69, 9.17) is 4.74 Å². The molecule has 0 aromatic carbocycles. The minimum atomic E-state index is -0.442. The summed E-state index contributed by atoms with van der Waals surface area (Å²) < 4.78 is 6.36. The second kappa shape index (κ2) is 4.65. The summed E-state index contributed by atoms with van der Waals surface area (Å²) >= 11 is 0. The Morgan fingerprint density at radius 1 is 1.59 bits per heavy atom. The van der Waals surface area contributed by atoms with E-state index in [-0.39, 0.29) is 24.0 Å². The number of Topliss-reactive ketones (excluding diaryl/α,β-unsaturated/α-hetero) is 1. The summed E-state index contributed by atoms with van der Waals surface area (Å²) in [4.78, 5) is 22.9. The van der Waals surface area contributed by atoms with Crippen molar-refractivity contribution in [1.82, 2.24) is 15.0 Å². The molecule has 0 bridgehead atoms. The predicted octanol–water partition coefficient (Wildman–Crippen LogP) is 0.441. The number of esters is 1. The summed E-state index contributed by atoms with van der Waals surface area (Å²) in [7, 11) is 1.79. The van der Waals surface area contributed by atoms with Crippen LogP contribution in [-0.2, 0) is 21.4 Å². The lowest BCUT2D eigenvalue weighted by Gasteiger charge is -2.00. The van der Waals surface area contributed by atoms with Crippen molar-refractivity contribution in [3.8, 4) is 0 Å². The largest absolute Gasteiger partial charge is 0.466 e. The summed E-state index contributed by atoms with van der Waals surface area (Å²) in [5, 5.41) is 7.80. The van der Waals surface area contributed by atoms with Crippen LogP contribution < -0.4 is 0 Å². The van der Waals surface area contributed by atoms with Gasteiger partial charge in [0, 0.05) is 25.1 Å². The lowest BCUT2D eigenvalue weighted by molar-refractivity contribution is -0.145. The molecule has 17 heavy (non-hydrogen) atoms. The zero-order chi connectivity index (χ0) is 12.4. The maximum atomic E-state index is 11.7. The molecule has 1 fully saturated rings. The smallest absolute Gasteiger partial charge is 0.313 e. The Morgan fingerprint density at radius 2 is 2.35 bits per heavy atom. The highest BCUT2D eigenvalue weighted by molar-refractivity contribution is 5.98. The van der Waals surface area contributed by atoms with Crippen LogP contribution in [-0.4, -0.2) is 33.4 Å². The second-order valence-electron chi connectivity index (χ2n) is 4.21. The zero-order valence-electron chi connectivity index (χ0n) is 9.92. The average molecular weight is 237 g/mol. The Balaban J connectivity index is 1.86. The number of carbonyl (C=O) groups excluding carboxylic acids is 2. The Morgan fingerprint density at radius 3 is 2.94 bits per heavy atom. The maximum absolute atomic E-state index is 11.7. The normalized spacial score (nSPS) is 22.2. The number of ether oxygens (including phenoxy) is 1. The molecule has 1 heterocycles. The Bertz CT molecular complexity index is 441. The van der Waals surface area contributed by atoms with Crippen LogP contribution in [0.2, 0.25) is 0 Å².